The summed E-state index contributed by atoms with van der Waals surface area (Å²) >= 11 is 0. The standard InChI is InChI=1S/C26H28F4O/c1-2-3-4-5-17-6-11-22-20(14-17)7-8-21-15-18(9-12-23(21)22)19-10-13-25(24(27)16-19)31-26(28,29)30/h2-3,7-8,10,13,16-18H,4-6,9,11-12,14-15H2,1H3. The van der Waals surface area contributed by atoms with Crippen molar-refractivity contribution in [2.45, 2.75) is 70.6 Å². The van der Waals surface area contributed by atoms with Crippen LogP contribution in [0.4, 0.5) is 17.6 Å². The van der Waals surface area contributed by atoms with Gasteiger partial charge in [0, 0.05) is 0 Å². The zero-order chi connectivity index (χ0) is 22.0. The molecule has 2 unspecified atom stereocenters. The van der Waals surface area contributed by atoms with Crippen molar-refractivity contribution in [3.05, 3.63) is 76.1 Å². The maximum Gasteiger partial charge on any atom is 0.573 e. The van der Waals surface area contributed by atoms with Crippen LogP contribution in [0.1, 0.15) is 66.3 Å². The fourth-order valence-corrected chi connectivity index (χ4v) is 5.25. The molecule has 0 spiro atoms. The summed E-state index contributed by atoms with van der Waals surface area (Å²) in [5, 5.41) is 0. The van der Waals surface area contributed by atoms with Crippen LogP contribution in [-0.2, 0) is 25.7 Å². The summed E-state index contributed by atoms with van der Waals surface area (Å²) in [7, 11) is 0. The van der Waals surface area contributed by atoms with Gasteiger partial charge in [-0.1, -0.05) is 30.4 Å². The lowest BCUT2D eigenvalue weighted by molar-refractivity contribution is -0.275. The summed E-state index contributed by atoms with van der Waals surface area (Å²) in [5.74, 6) is -0.879. The molecule has 0 N–H and O–H groups in total. The zero-order valence-corrected chi connectivity index (χ0v) is 17.8. The van der Waals surface area contributed by atoms with E-state index in [1.165, 1.54) is 41.2 Å². The van der Waals surface area contributed by atoms with Crippen molar-refractivity contribution < 1.29 is 22.3 Å². The Bertz CT molecular complexity index is 961. The summed E-state index contributed by atoms with van der Waals surface area (Å²) in [6.45, 7) is 2.06. The highest BCUT2D eigenvalue weighted by Crippen LogP contribution is 2.39. The van der Waals surface area contributed by atoms with Gasteiger partial charge < -0.3 is 4.74 Å². The third-order valence-electron chi connectivity index (χ3n) is 6.78. The molecule has 4 rings (SSSR count). The minimum absolute atomic E-state index is 0.108. The van der Waals surface area contributed by atoms with E-state index in [0.29, 0.717) is 0 Å². The van der Waals surface area contributed by atoms with Crippen molar-refractivity contribution in [2.75, 3.05) is 0 Å². The van der Waals surface area contributed by atoms with E-state index in [0.717, 1.165) is 56.1 Å². The predicted molar refractivity (Wildman–Crippen MR) is 114 cm³/mol. The van der Waals surface area contributed by atoms with Gasteiger partial charge in [0.1, 0.15) is 0 Å². The summed E-state index contributed by atoms with van der Waals surface area (Å²) < 4.78 is 55.1. The molecule has 2 atom stereocenters. The highest BCUT2D eigenvalue weighted by molar-refractivity contribution is 5.46. The van der Waals surface area contributed by atoms with E-state index in [9.17, 15) is 17.6 Å². The van der Waals surface area contributed by atoms with Gasteiger partial charge in [-0.3, -0.25) is 0 Å². The topological polar surface area (TPSA) is 9.23 Å². The first-order chi connectivity index (χ1) is 14.8. The van der Waals surface area contributed by atoms with Gasteiger partial charge in [-0.15, -0.1) is 13.2 Å². The van der Waals surface area contributed by atoms with E-state index in [4.69, 9.17) is 0 Å². The minimum Gasteiger partial charge on any atom is -0.403 e. The molecule has 0 saturated heterocycles. The van der Waals surface area contributed by atoms with Gasteiger partial charge in [0.25, 0.3) is 0 Å². The van der Waals surface area contributed by atoms with Crippen molar-refractivity contribution >= 4 is 0 Å². The summed E-state index contributed by atoms with van der Waals surface area (Å²) in [6.07, 6.45) is 7.98. The van der Waals surface area contributed by atoms with Gasteiger partial charge in [0.05, 0.1) is 0 Å². The van der Waals surface area contributed by atoms with E-state index in [1.54, 1.807) is 6.07 Å². The van der Waals surface area contributed by atoms with Crippen LogP contribution in [0.3, 0.4) is 0 Å². The van der Waals surface area contributed by atoms with Crippen molar-refractivity contribution in [2.24, 2.45) is 5.92 Å². The van der Waals surface area contributed by atoms with Crippen LogP contribution in [0.15, 0.2) is 42.5 Å². The zero-order valence-electron chi connectivity index (χ0n) is 17.8. The first-order valence-electron chi connectivity index (χ1n) is 11.1. The second-order valence-electron chi connectivity index (χ2n) is 8.77. The first-order valence-corrected chi connectivity index (χ1v) is 11.1. The fourth-order valence-electron chi connectivity index (χ4n) is 5.25. The van der Waals surface area contributed by atoms with E-state index >= 15 is 0 Å². The molecule has 0 radical (unpaired) electrons. The first kappa shape index (κ1) is 21.9. The van der Waals surface area contributed by atoms with Gasteiger partial charge in [0.2, 0.25) is 0 Å². The van der Waals surface area contributed by atoms with Gasteiger partial charge >= 0.3 is 6.36 Å². The molecule has 0 saturated carbocycles. The molecular weight excluding hydrogens is 404 g/mol. The Labute approximate surface area is 181 Å². The van der Waals surface area contributed by atoms with Crippen LogP contribution < -0.4 is 4.74 Å². The lowest BCUT2D eigenvalue weighted by atomic mass is 9.73. The van der Waals surface area contributed by atoms with Gasteiger partial charge in [-0.2, -0.15) is 0 Å². The van der Waals surface area contributed by atoms with E-state index in [1.807, 2.05) is 0 Å². The lowest BCUT2D eigenvalue weighted by Gasteiger charge is -2.32. The minimum atomic E-state index is -4.89. The molecular formula is C26H28F4O. The van der Waals surface area contributed by atoms with Crippen LogP contribution >= 0.6 is 0 Å². The summed E-state index contributed by atoms with van der Waals surface area (Å²) in [5.41, 5.74) is 6.49. The molecule has 2 aliphatic carbocycles. The van der Waals surface area contributed by atoms with Crippen LogP contribution in [0, 0.1) is 11.7 Å². The Morgan fingerprint density at radius 1 is 1.00 bits per heavy atom. The average molecular weight is 433 g/mol. The monoisotopic (exact) mass is 432 g/mol. The third-order valence-corrected chi connectivity index (χ3v) is 6.78. The average Bonchev–Trinajstić information content (AvgIpc) is 2.74. The molecule has 0 heterocycles. The quantitative estimate of drug-likeness (QED) is 0.352. The number of allylic oxidation sites excluding steroid dienone is 2. The third kappa shape index (κ3) is 5.13. The molecule has 1 nitrogen and oxygen atoms in total. The highest BCUT2D eigenvalue weighted by Gasteiger charge is 2.33. The van der Waals surface area contributed by atoms with Crippen LogP contribution in [0.2, 0.25) is 0 Å². The van der Waals surface area contributed by atoms with Crippen molar-refractivity contribution in [1.29, 1.82) is 0 Å². The Hall–Kier alpha value is -2.30. The van der Waals surface area contributed by atoms with E-state index in [-0.39, 0.29) is 5.92 Å². The van der Waals surface area contributed by atoms with Crippen molar-refractivity contribution in [3.63, 3.8) is 0 Å². The molecule has 31 heavy (non-hydrogen) atoms. The second-order valence-corrected chi connectivity index (χ2v) is 8.77. The van der Waals surface area contributed by atoms with E-state index in [2.05, 4.69) is 35.9 Å². The molecule has 0 aromatic heterocycles. The number of ether oxygens (including phenoxy) is 1. The fraction of sp³-hybridized carbons (Fsp3) is 0.462. The molecule has 0 aliphatic heterocycles. The van der Waals surface area contributed by atoms with Crippen LogP contribution in [-0.4, -0.2) is 6.36 Å². The van der Waals surface area contributed by atoms with Gasteiger partial charge in [-0.05, 0) is 110 Å². The summed E-state index contributed by atoms with van der Waals surface area (Å²) in [6, 6.07) is 8.33. The Balaban J connectivity index is 1.47. The molecule has 2 aromatic rings. The molecule has 166 valence electrons. The molecule has 0 amide bonds. The largest absolute Gasteiger partial charge is 0.573 e. The number of alkyl halides is 3. The smallest absolute Gasteiger partial charge is 0.403 e. The maximum absolute atomic E-state index is 14.2. The van der Waals surface area contributed by atoms with Crippen molar-refractivity contribution in [3.8, 4) is 5.75 Å². The van der Waals surface area contributed by atoms with Crippen molar-refractivity contribution in [1.82, 2.24) is 0 Å². The predicted octanol–water partition coefficient (Wildman–Crippen LogP) is 7.46. The van der Waals surface area contributed by atoms with Gasteiger partial charge in [0.15, 0.2) is 11.6 Å². The van der Waals surface area contributed by atoms with Crippen LogP contribution in [0.25, 0.3) is 0 Å². The Morgan fingerprint density at radius 2 is 1.71 bits per heavy atom. The number of halogens is 4. The molecule has 2 aromatic carbocycles. The Kier molecular flexibility index (Phi) is 6.40. The molecule has 2 aliphatic rings. The Morgan fingerprint density at radius 3 is 2.39 bits per heavy atom. The molecule has 5 heteroatoms. The summed E-state index contributed by atoms with van der Waals surface area (Å²) in [4.78, 5) is 0. The SMILES string of the molecule is CC=CCCC1CCc2c(ccc3c2CCC(c2ccc(OC(F)(F)F)c(F)c2)C3)C1. The normalized spacial score (nSPS) is 21.1. The number of benzene rings is 2. The van der Waals surface area contributed by atoms with Crippen LogP contribution in [0.5, 0.6) is 5.75 Å². The number of hydrogen-bond donors (Lipinski definition) is 0. The second kappa shape index (κ2) is 9.05. The van der Waals surface area contributed by atoms with Gasteiger partial charge in [-0.25, -0.2) is 4.39 Å². The lowest BCUT2D eigenvalue weighted by Crippen LogP contribution is -2.21. The number of fused-ring (bicyclic) bond motifs is 3. The van der Waals surface area contributed by atoms with E-state index < -0.39 is 17.9 Å². The highest BCUT2D eigenvalue weighted by atomic mass is 19.4. The molecule has 0 bridgehead atoms. The molecule has 0 fully saturated rings. The number of rotatable bonds is 5. The number of hydrogen-bond acceptors (Lipinski definition) is 1. The maximum atomic E-state index is 14.2.